The van der Waals surface area contributed by atoms with E-state index in [2.05, 4.69) is 228 Å². The largest absolute Gasteiger partial charge is 0.309 e. The van der Waals surface area contributed by atoms with Crippen molar-refractivity contribution in [3.63, 3.8) is 0 Å². The van der Waals surface area contributed by atoms with E-state index >= 15 is 0 Å². The molecule has 9 aromatic carbocycles. The van der Waals surface area contributed by atoms with Crippen molar-refractivity contribution >= 4 is 70.4 Å². The van der Waals surface area contributed by atoms with E-state index in [1.165, 1.54) is 69.8 Å². The van der Waals surface area contributed by atoms with Gasteiger partial charge in [-0.15, -0.1) is 11.3 Å². The van der Waals surface area contributed by atoms with Gasteiger partial charge in [0.25, 0.3) is 0 Å². The van der Waals surface area contributed by atoms with Crippen LogP contribution in [-0.2, 0) is 0 Å². The number of hydrogen-bond donors (Lipinski definition) is 0. The molecule has 0 aliphatic carbocycles. The Morgan fingerprint density at radius 2 is 0.825 bits per heavy atom. The van der Waals surface area contributed by atoms with Crippen LogP contribution >= 0.6 is 11.3 Å². The quantitative estimate of drug-likeness (QED) is 0.158. The third-order valence-electron chi connectivity index (χ3n) is 11.2. The minimum absolute atomic E-state index is 1.12. The average Bonchev–Trinajstić information content (AvgIpc) is 3.84. The van der Waals surface area contributed by atoms with Gasteiger partial charge in [0.05, 0.1) is 33.8 Å². The molecule has 0 bridgehead atoms. The van der Waals surface area contributed by atoms with E-state index in [-0.39, 0.29) is 0 Å². The molecule has 57 heavy (non-hydrogen) atoms. The van der Waals surface area contributed by atoms with Gasteiger partial charge in [0.2, 0.25) is 0 Å². The molecular weight excluding hydrogens is 709 g/mol. The van der Waals surface area contributed by atoms with Crippen LogP contribution in [0.2, 0.25) is 0 Å². The molecule has 0 aliphatic heterocycles. The maximum absolute atomic E-state index is 2.49. The molecule has 0 atom stereocenters. The summed E-state index contributed by atoms with van der Waals surface area (Å²) in [6.45, 7) is 0. The molecule has 0 aliphatic rings. The predicted molar refractivity (Wildman–Crippen MR) is 245 cm³/mol. The van der Waals surface area contributed by atoms with Gasteiger partial charge in [-0.1, -0.05) is 176 Å². The molecule has 0 N–H and O–H groups in total. The van der Waals surface area contributed by atoms with Gasteiger partial charge in [-0.3, -0.25) is 0 Å². The van der Waals surface area contributed by atoms with Gasteiger partial charge in [-0.25, -0.2) is 0 Å². The van der Waals surface area contributed by atoms with Crippen molar-refractivity contribution in [3.05, 3.63) is 218 Å². The van der Waals surface area contributed by atoms with Gasteiger partial charge in [0.15, 0.2) is 0 Å². The van der Waals surface area contributed by atoms with Crippen molar-refractivity contribution < 1.29 is 0 Å². The lowest BCUT2D eigenvalue weighted by atomic mass is 9.98. The Bertz CT molecular complexity index is 3160. The van der Waals surface area contributed by atoms with Crippen molar-refractivity contribution in [1.29, 1.82) is 0 Å². The molecule has 0 saturated heterocycles. The Hall–Kier alpha value is -7.20. The Morgan fingerprint density at radius 3 is 1.54 bits per heavy atom. The fraction of sp³-hybridized carbons (Fsp3) is 0. The molecule has 0 amide bonds. The number of para-hydroxylation sites is 4. The molecule has 11 aromatic rings. The Balaban J connectivity index is 1.22. The van der Waals surface area contributed by atoms with Gasteiger partial charge in [0, 0.05) is 53.2 Å². The van der Waals surface area contributed by atoms with E-state index in [0.717, 1.165) is 28.3 Å². The average molecular weight is 745 g/mol. The van der Waals surface area contributed by atoms with Gasteiger partial charge in [-0.05, 0) is 53.6 Å². The van der Waals surface area contributed by atoms with Crippen LogP contribution in [0.3, 0.4) is 0 Å². The second-order valence-corrected chi connectivity index (χ2v) is 15.5. The smallest absolute Gasteiger partial charge is 0.0562 e. The summed E-state index contributed by atoms with van der Waals surface area (Å²) in [4.78, 5) is 2.49. The SMILES string of the molecule is c1ccc(-c2ccccc2N(c2ccccc2-c2ccccc2)c2cccc3c2c2ccccc2n3-c2ccccc2-c2cccc3c2sc2ccccc23)cc1. The highest BCUT2D eigenvalue weighted by molar-refractivity contribution is 7.26. The molecule has 2 nitrogen and oxygen atoms in total. The third-order valence-corrected chi connectivity index (χ3v) is 12.4. The van der Waals surface area contributed by atoms with Gasteiger partial charge in [0.1, 0.15) is 0 Å². The highest BCUT2D eigenvalue weighted by Gasteiger charge is 2.25. The minimum Gasteiger partial charge on any atom is -0.309 e. The van der Waals surface area contributed by atoms with Crippen LogP contribution in [0, 0.1) is 0 Å². The van der Waals surface area contributed by atoms with E-state index in [1.54, 1.807) is 0 Å². The zero-order valence-corrected chi connectivity index (χ0v) is 31.9. The highest BCUT2D eigenvalue weighted by atomic mass is 32.1. The standard InChI is InChI=1S/C54H36N2S/c1-3-19-37(20-4-1)39-23-7-12-30-46(39)55(47-31-13-8-24-40(47)38-21-5-2-6-22-38)50-34-18-35-51-53(50)45-27-10-15-33-49(45)56(51)48-32-14-9-25-41(48)43-28-17-29-44-42-26-11-16-36-52(42)57-54(43)44/h1-36H. The first-order chi connectivity index (χ1) is 28.3. The summed E-state index contributed by atoms with van der Waals surface area (Å²) < 4.78 is 5.11. The topological polar surface area (TPSA) is 8.17 Å². The van der Waals surface area contributed by atoms with E-state index in [4.69, 9.17) is 0 Å². The van der Waals surface area contributed by atoms with Crippen LogP contribution in [-0.4, -0.2) is 4.57 Å². The number of aromatic nitrogens is 1. The molecule has 3 heteroatoms. The summed E-state index contributed by atoms with van der Waals surface area (Å²) in [7, 11) is 0. The molecule has 268 valence electrons. The van der Waals surface area contributed by atoms with Crippen molar-refractivity contribution in [2.24, 2.45) is 0 Å². The summed E-state index contributed by atoms with van der Waals surface area (Å²) in [6, 6.07) is 79.3. The summed E-state index contributed by atoms with van der Waals surface area (Å²) in [6.07, 6.45) is 0. The molecule has 0 spiro atoms. The third kappa shape index (κ3) is 5.47. The first-order valence-corrected chi connectivity index (χ1v) is 20.3. The van der Waals surface area contributed by atoms with Crippen molar-refractivity contribution in [2.75, 3.05) is 4.90 Å². The number of anilines is 3. The van der Waals surface area contributed by atoms with Crippen molar-refractivity contribution in [3.8, 4) is 39.1 Å². The molecule has 2 aromatic heterocycles. The number of fused-ring (bicyclic) bond motifs is 6. The summed E-state index contributed by atoms with van der Waals surface area (Å²) in [5.41, 5.74) is 14.0. The number of rotatable bonds is 7. The summed E-state index contributed by atoms with van der Waals surface area (Å²) >= 11 is 1.88. The van der Waals surface area contributed by atoms with E-state index in [1.807, 2.05) is 11.3 Å². The minimum atomic E-state index is 1.12. The molecule has 11 rings (SSSR count). The van der Waals surface area contributed by atoms with Crippen LogP contribution in [0.1, 0.15) is 0 Å². The first-order valence-electron chi connectivity index (χ1n) is 19.4. The maximum atomic E-state index is 2.49. The molecule has 0 radical (unpaired) electrons. The lowest BCUT2D eigenvalue weighted by molar-refractivity contribution is 1.18. The molecule has 0 fully saturated rings. The normalized spacial score (nSPS) is 11.5. The Morgan fingerprint density at radius 1 is 0.333 bits per heavy atom. The second kappa shape index (κ2) is 13.8. The van der Waals surface area contributed by atoms with Gasteiger partial charge >= 0.3 is 0 Å². The fourth-order valence-electron chi connectivity index (χ4n) is 8.75. The monoisotopic (exact) mass is 744 g/mol. The lowest BCUT2D eigenvalue weighted by Gasteiger charge is -2.30. The molecule has 0 saturated carbocycles. The highest BCUT2D eigenvalue weighted by Crippen LogP contribution is 2.50. The van der Waals surface area contributed by atoms with Gasteiger partial charge in [-0.2, -0.15) is 0 Å². The number of hydrogen-bond acceptors (Lipinski definition) is 2. The summed E-state index contributed by atoms with van der Waals surface area (Å²) in [5, 5.41) is 5.02. The number of thiophene rings is 1. The molecular formula is C54H36N2S. The molecule has 2 heterocycles. The van der Waals surface area contributed by atoms with E-state index in [0.29, 0.717) is 0 Å². The van der Waals surface area contributed by atoms with E-state index < -0.39 is 0 Å². The van der Waals surface area contributed by atoms with Crippen LogP contribution in [0.15, 0.2) is 218 Å². The first kappa shape index (κ1) is 33.2. The van der Waals surface area contributed by atoms with Crippen molar-refractivity contribution in [2.45, 2.75) is 0 Å². The zero-order valence-electron chi connectivity index (χ0n) is 31.1. The maximum Gasteiger partial charge on any atom is 0.0562 e. The lowest BCUT2D eigenvalue weighted by Crippen LogP contribution is -2.13. The summed E-state index contributed by atoms with van der Waals surface area (Å²) in [5.74, 6) is 0. The number of nitrogens with zero attached hydrogens (tertiary/aromatic N) is 2. The molecule has 0 unspecified atom stereocenters. The number of benzene rings is 9. The van der Waals surface area contributed by atoms with E-state index in [9.17, 15) is 0 Å². The van der Waals surface area contributed by atoms with Crippen LogP contribution in [0.4, 0.5) is 17.1 Å². The van der Waals surface area contributed by atoms with Crippen LogP contribution in [0.25, 0.3) is 81.0 Å². The Kier molecular flexibility index (Phi) is 8.04. The van der Waals surface area contributed by atoms with Crippen LogP contribution in [0.5, 0.6) is 0 Å². The zero-order chi connectivity index (χ0) is 37.7. The predicted octanol–water partition coefficient (Wildman–Crippen LogP) is 15.6. The Labute approximate surface area is 335 Å². The van der Waals surface area contributed by atoms with Crippen molar-refractivity contribution in [1.82, 2.24) is 4.57 Å². The second-order valence-electron chi connectivity index (χ2n) is 14.4. The van der Waals surface area contributed by atoms with Gasteiger partial charge < -0.3 is 9.47 Å². The fourth-order valence-corrected chi connectivity index (χ4v) is 9.98. The van der Waals surface area contributed by atoms with Crippen LogP contribution < -0.4 is 4.90 Å².